The van der Waals surface area contributed by atoms with Crippen LogP contribution in [0.25, 0.3) is 0 Å². The molecule has 2 aliphatic heterocycles. The smallest absolute Gasteiger partial charge is 0.191 e. The van der Waals surface area contributed by atoms with Crippen LogP contribution >= 0.6 is 11.3 Å². The van der Waals surface area contributed by atoms with E-state index in [1.165, 1.54) is 17.8 Å². The molecule has 29 heavy (non-hydrogen) atoms. The fraction of sp³-hybridized carbons (Fsp3) is 0.591. The lowest BCUT2D eigenvalue weighted by Gasteiger charge is -2.33. The van der Waals surface area contributed by atoms with Crippen LogP contribution in [0.15, 0.2) is 45.3 Å². The van der Waals surface area contributed by atoms with Gasteiger partial charge in [-0.1, -0.05) is 0 Å². The molecule has 0 bridgehead atoms. The van der Waals surface area contributed by atoms with Gasteiger partial charge in [-0.15, -0.1) is 11.3 Å². The number of hydrogen-bond acceptors (Lipinski definition) is 5. The molecule has 0 amide bonds. The molecule has 2 aromatic rings. The monoisotopic (exact) mass is 415 g/mol. The largest absolute Gasteiger partial charge is 0.468 e. The van der Waals surface area contributed by atoms with Crippen molar-refractivity contribution in [1.29, 1.82) is 0 Å². The fourth-order valence-corrected chi connectivity index (χ4v) is 5.09. The average molecular weight is 416 g/mol. The molecule has 2 aromatic heterocycles. The van der Waals surface area contributed by atoms with Gasteiger partial charge < -0.3 is 20.0 Å². The summed E-state index contributed by atoms with van der Waals surface area (Å²) in [6.45, 7) is 8.17. The molecule has 7 heteroatoms. The van der Waals surface area contributed by atoms with E-state index in [0.717, 1.165) is 63.8 Å². The van der Waals surface area contributed by atoms with E-state index in [4.69, 9.17) is 9.41 Å². The van der Waals surface area contributed by atoms with Gasteiger partial charge in [0.05, 0.1) is 23.9 Å². The van der Waals surface area contributed by atoms with Gasteiger partial charge in [0.2, 0.25) is 0 Å². The van der Waals surface area contributed by atoms with E-state index < -0.39 is 0 Å². The number of thiophene rings is 1. The number of nitrogens with zero attached hydrogens (tertiary/aromatic N) is 3. The minimum absolute atomic E-state index is 0.226. The number of likely N-dealkylation sites (tertiary alicyclic amines) is 1. The zero-order valence-corrected chi connectivity index (χ0v) is 18.2. The number of piperidine rings is 1. The van der Waals surface area contributed by atoms with Crippen molar-refractivity contribution in [3.63, 3.8) is 0 Å². The average Bonchev–Trinajstić information content (AvgIpc) is 3.52. The Morgan fingerprint density at radius 1 is 1.21 bits per heavy atom. The van der Waals surface area contributed by atoms with Crippen LogP contribution in [0.2, 0.25) is 0 Å². The highest BCUT2D eigenvalue weighted by molar-refractivity contribution is 7.14. The molecule has 0 radical (unpaired) electrons. The zero-order valence-electron chi connectivity index (χ0n) is 17.3. The molecule has 158 valence electrons. The number of nitrogens with one attached hydrogen (secondary N) is 2. The van der Waals surface area contributed by atoms with E-state index in [-0.39, 0.29) is 6.04 Å². The van der Waals surface area contributed by atoms with Crippen LogP contribution in [-0.4, -0.2) is 56.2 Å². The van der Waals surface area contributed by atoms with E-state index >= 15 is 0 Å². The van der Waals surface area contributed by atoms with E-state index in [2.05, 4.69) is 50.9 Å². The molecule has 1 atom stereocenters. The van der Waals surface area contributed by atoms with Crippen molar-refractivity contribution >= 4 is 22.3 Å². The second-order valence-electron chi connectivity index (χ2n) is 7.85. The number of anilines is 1. The Balaban J connectivity index is 1.35. The molecule has 2 saturated heterocycles. The predicted octanol–water partition coefficient (Wildman–Crippen LogP) is 3.70. The minimum Gasteiger partial charge on any atom is -0.468 e. The summed E-state index contributed by atoms with van der Waals surface area (Å²) >= 11 is 1.83. The lowest BCUT2D eigenvalue weighted by molar-refractivity contribution is 0.221. The number of rotatable bonds is 7. The molecule has 0 aliphatic carbocycles. The zero-order chi connectivity index (χ0) is 19.9. The third-order valence-electron chi connectivity index (χ3n) is 5.87. The topological polar surface area (TPSA) is 56.0 Å². The second-order valence-corrected chi connectivity index (χ2v) is 8.78. The van der Waals surface area contributed by atoms with Crippen LogP contribution in [-0.2, 0) is 0 Å². The number of hydrogen-bond donors (Lipinski definition) is 2. The van der Waals surface area contributed by atoms with E-state index in [0.29, 0.717) is 6.04 Å². The van der Waals surface area contributed by atoms with Gasteiger partial charge in [0.25, 0.3) is 0 Å². The number of furan rings is 1. The maximum absolute atomic E-state index is 5.74. The van der Waals surface area contributed by atoms with Crippen molar-refractivity contribution in [3.8, 4) is 0 Å². The molecular formula is C22H33N5OS. The van der Waals surface area contributed by atoms with Crippen LogP contribution in [0.5, 0.6) is 0 Å². The van der Waals surface area contributed by atoms with Gasteiger partial charge >= 0.3 is 0 Å². The van der Waals surface area contributed by atoms with Crippen molar-refractivity contribution < 1.29 is 4.42 Å². The van der Waals surface area contributed by atoms with Crippen LogP contribution in [0.4, 0.5) is 5.00 Å². The van der Waals surface area contributed by atoms with Gasteiger partial charge in [-0.3, -0.25) is 9.89 Å². The summed E-state index contributed by atoms with van der Waals surface area (Å²) in [4.78, 5) is 9.96. The van der Waals surface area contributed by atoms with Gasteiger partial charge in [0.15, 0.2) is 5.96 Å². The van der Waals surface area contributed by atoms with E-state index in [1.807, 2.05) is 17.4 Å². The highest BCUT2D eigenvalue weighted by atomic mass is 32.1. The Morgan fingerprint density at radius 3 is 2.69 bits per heavy atom. The van der Waals surface area contributed by atoms with E-state index in [1.54, 1.807) is 6.26 Å². The molecule has 2 N–H and O–H groups in total. The standard InChI is InChI=1S/C22H33N5OS/c1-2-23-22(25-18-9-13-27(14-10-18)21-8-6-16-29-21)24-17-19(20-7-5-15-28-20)26-11-3-4-12-26/h5-8,15-16,18-19H,2-4,9-14,17H2,1H3,(H2,23,24,25). The SMILES string of the molecule is CCNC(=NCC(c1ccco1)N1CCCC1)NC1CCN(c2cccs2)CC1. The Kier molecular flexibility index (Phi) is 7.11. The molecule has 1 unspecified atom stereocenters. The van der Waals surface area contributed by atoms with Crippen molar-refractivity contribution in [3.05, 3.63) is 41.7 Å². The number of guanidine groups is 1. The summed E-state index contributed by atoms with van der Waals surface area (Å²) in [5.41, 5.74) is 0. The van der Waals surface area contributed by atoms with Crippen molar-refractivity contribution in [2.24, 2.45) is 4.99 Å². The lowest BCUT2D eigenvalue weighted by Crippen LogP contribution is -2.49. The van der Waals surface area contributed by atoms with Crippen molar-refractivity contribution in [2.75, 3.05) is 44.2 Å². The first-order valence-electron chi connectivity index (χ1n) is 10.9. The Labute approximate surface area is 178 Å². The molecule has 0 aromatic carbocycles. The third kappa shape index (κ3) is 5.34. The molecule has 2 fully saturated rings. The normalized spacial score (nSPS) is 20.2. The Hall–Kier alpha value is -1.99. The lowest BCUT2D eigenvalue weighted by atomic mass is 10.1. The molecule has 4 heterocycles. The van der Waals surface area contributed by atoms with Crippen molar-refractivity contribution in [1.82, 2.24) is 15.5 Å². The van der Waals surface area contributed by atoms with Crippen LogP contribution < -0.4 is 15.5 Å². The minimum atomic E-state index is 0.226. The van der Waals surface area contributed by atoms with Gasteiger partial charge in [0, 0.05) is 25.7 Å². The number of aliphatic imine (C=N–C) groups is 1. The summed E-state index contributed by atoms with van der Waals surface area (Å²) in [6, 6.07) is 9.11. The van der Waals surface area contributed by atoms with Gasteiger partial charge in [-0.25, -0.2) is 0 Å². The first kappa shape index (κ1) is 20.3. The quantitative estimate of drug-likeness (QED) is 0.533. The summed E-state index contributed by atoms with van der Waals surface area (Å²) in [7, 11) is 0. The first-order chi connectivity index (χ1) is 14.3. The summed E-state index contributed by atoms with van der Waals surface area (Å²) < 4.78 is 5.74. The van der Waals surface area contributed by atoms with Gasteiger partial charge in [0.1, 0.15) is 5.76 Å². The maximum atomic E-state index is 5.74. The third-order valence-corrected chi connectivity index (χ3v) is 6.80. The fourth-order valence-electron chi connectivity index (χ4n) is 4.30. The molecule has 0 saturated carbocycles. The Bertz CT molecular complexity index is 731. The molecule has 2 aliphatic rings. The molecule has 0 spiro atoms. The molecular weight excluding hydrogens is 382 g/mol. The Morgan fingerprint density at radius 2 is 2.03 bits per heavy atom. The van der Waals surface area contributed by atoms with E-state index in [9.17, 15) is 0 Å². The maximum Gasteiger partial charge on any atom is 0.191 e. The molecule has 4 rings (SSSR count). The highest BCUT2D eigenvalue weighted by Gasteiger charge is 2.26. The van der Waals surface area contributed by atoms with Crippen molar-refractivity contribution in [2.45, 2.75) is 44.7 Å². The van der Waals surface area contributed by atoms with Crippen LogP contribution in [0.1, 0.15) is 44.4 Å². The summed E-state index contributed by atoms with van der Waals surface area (Å²) in [5, 5.41) is 10.7. The second kappa shape index (κ2) is 10.2. The molecule has 6 nitrogen and oxygen atoms in total. The predicted molar refractivity (Wildman–Crippen MR) is 121 cm³/mol. The van der Waals surface area contributed by atoms with Gasteiger partial charge in [-0.2, -0.15) is 0 Å². The van der Waals surface area contributed by atoms with Crippen LogP contribution in [0.3, 0.4) is 0 Å². The van der Waals surface area contributed by atoms with Crippen LogP contribution in [0, 0.1) is 0 Å². The summed E-state index contributed by atoms with van der Waals surface area (Å²) in [5.74, 6) is 1.95. The van der Waals surface area contributed by atoms with Gasteiger partial charge in [-0.05, 0) is 75.3 Å². The summed E-state index contributed by atoms with van der Waals surface area (Å²) in [6.07, 6.45) is 6.57. The highest BCUT2D eigenvalue weighted by Crippen LogP contribution is 2.26. The first-order valence-corrected chi connectivity index (χ1v) is 11.8.